The molecule has 0 aromatic heterocycles. The highest BCUT2D eigenvalue weighted by Gasteiger charge is 2.28. The number of allylic oxidation sites excluding steroid dienone is 8. The summed E-state index contributed by atoms with van der Waals surface area (Å²) < 4.78 is 11.4. The minimum Gasteiger partial charge on any atom is -0.464 e. The fourth-order valence-electron chi connectivity index (χ4n) is 5.76. The summed E-state index contributed by atoms with van der Waals surface area (Å²) in [4.78, 5) is 27.2. The lowest BCUT2D eigenvalue weighted by atomic mass is 10.0. The van der Waals surface area contributed by atoms with Crippen LogP contribution >= 0.6 is 0 Å². The first-order valence-corrected chi connectivity index (χ1v) is 21.3. The molecule has 52 heavy (non-hydrogen) atoms. The fraction of sp³-hybridized carbons (Fsp3) is 0.778. The lowest BCUT2D eigenvalue weighted by Gasteiger charge is -2.31. The maximum absolute atomic E-state index is 12.6. The third-order valence-corrected chi connectivity index (χ3v) is 9.29. The van der Waals surface area contributed by atoms with E-state index < -0.39 is 5.54 Å². The van der Waals surface area contributed by atoms with Gasteiger partial charge in [-0.25, -0.2) is 0 Å². The summed E-state index contributed by atoms with van der Waals surface area (Å²) in [6, 6.07) is 0. The van der Waals surface area contributed by atoms with E-state index in [1.54, 1.807) is 0 Å². The van der Waals surface area contributed by atoms with Crippen molar-refractivity contribution in [3.63, 3.8) is 0 Å². The van der Waals surface area contributed by atoms with Gasteiger partial charge in [0.05, 0.1) is 12.1 Å². The van der Waals surface area contributed by atoms with E-state index in [2.05, 4.69) is 67.8 Å². The number of nitrogens with zero attached hydrogens (tertiary/aromatic N) is 1. The molecule has 2 N–H and O–H groups in total. The van der Waals surface area contributed by atoms with Gasteiger partial charge in [-0.05, 0) is 91.0 Å². The molecule has 0 spiro atoms. The van der Waals surface area contributed by atoms with Crippen LogP contribution in [0.1, 0.15) is 175 Å². The van der Waals surface area contributed by atoms with E-state index in [0.29, 0.717) is 25.9 Å². The molecule has 0 atom stereocenters. The Morgan fingerprint density at radius 2 is 0.962 bits per heavy atom. The summed E-state index contributed by atoms with van der Waals surface area (Å²) in [7, 11) is 1.95. The summed E-state index contributed by atoms with van der Waals surface area (Å²) in [5.74, 6) is -0.403. The van der Waals surface area contributed by atoms with Gasteiger partial charge in [0, 0.05) is 32.5 Å². The van der Waals surface area contributed by atoms with Gasteiger partial charge in [0.2, 0.25) is 0 Å². The van der Waals surface area contributed by atoms with Crippen molar-refractivity contribution in [1.29, 1.82) is 0 Å². The van der Waals surface area contributed by atoms with Gasteiger partial charge in [-0.3, -0.25) is 9.59 Å². The Balaban J connectivity index is 4.25. The number of carbonyl (C=O) groups is 2. The number of rotatable bonds is 38. The first-order chi connectivity index (χ1) is 25.4. The van der Waals surface area contributed by atoms with Crippen LogP contribution in [0.4, 0.5) is 0 Å². The van der Waals surface area contributed by atoms with E-state index in [-0.39, 0.29) is 31.8 Å². The molecule has 0 radical (unpaired) electrons. The summed E-state index contributed by atoms with van der Waals surface area (Å²) in [6.45, 7) is 8.74. The molecule has 0 aliphatic carbocycles. The molecule has 302 valence electrons. The number of hydrogen-bond donors (Lipinski definition) is 2. The molecule has 0 aliphatic heterocycles. The van der Waals surface area contributed by atoms with Gasteiger partial charge >= 0.3 is 11.9 Å². The quantitative estimate of drug-likeness (QED) is 0.0371. The van der Waals surface area contributed by atoms with Crippen molar-refractivity contribution in [2.45, 2.75) is 180 Å². The van der Waals surface area contributed by atoms with Crippen LogP contribution in [-0.2, 0) is 19.1 Å². The minimum atomic E-state index is -0.678. The predicted molar refractivity (Wildman–Crippen MR) is 222 cm³/mol. The SMILES string of the molecule is CCCCC/C=C\C/C=C\CCCCCCCC(=O)OCC(C)(COC(=O)CCCCCCC/C=C\C/C=C\CCCCC)NCCN(C)CCO. The van der Waals surface area contributed by atoms with Gasteiger partial charge in [-0.15, -0.1) is 0 Å². The molecule has 7 nitrogen and oxygen atoms in total. The molecule has 0 bridgehead atoms. The second kappa shape index (κ2) is 38.5. The largest absolute Gasteiger partial charge is 0.464 e. The molecule has 7 heteroatoms. The molecular weight excluding hydrogens is 649 g/mol. The predicted octanol–water partition coefficient (Wildman–Crippen LogP) is 11.0. The zero-order valence-corrected chi connectivity index (χ0v) is 34.4. The zero-order valence-electron chi connectivity index (χ0n) is 34.4. The van der Waals surface area contributed by atoms with Crippen molar-refractivity contribution in [1.82, 2.24) is 10.2 Å². The van der Waals surface area contributed by atoms with E-state index in [1.165, 1.54) is 77.0 Å². The van der Waals surface area contributed by atoms with Crippen LogP contribution in [0.5, 0.6) is 0 Å². The molecule has 0 aromatic carbocycles. The van der Waals surface area contributed by atoms with Gasteiger partial charge in [-0.2, -0.15) is 0 Å². The van der Waals surface area contributed by atoms with Crippen molar-refractivity contribution in [2.24, 2.45) is 0 Å². The van der Waals surface area contributed by atoms with Gasteiger partial charge in [0.15, 0.2) is 0 Å². The maximum atomic E-state index is 12.6. The van der Waals surface area contributed by atoms with Crippen molar-refractivity contribution in [2.75, 3.05) is 46.5 Å². The Morgan fingerprint density at radius 3 is 1.37 bits per heavy atom. The van der Waals surface area contributed by atoms with E-state index >= 15 is 0 Å². The van der Waals surface area contributed by atoms with Crippen LogP contribution in [0.2, 0.25) is 0 Å². The third-order valence-electron chi connectivity index (χ3n) is 9.29. The number of hydrogen-bond acceptors (Lipinski definition) is 7. The Kier molecular flexibility index (Phi) is 36.9. The Morgan fingerprint density at radius 1 is 0.577 bits per heavy atom. The van der Waals surface area contributed by atoms with Crippen LogP contribution in [0.15, 0.2) is 48.6 Å². The second-order valence-corrected chi connectivity index (χ2v) is 14.8. The maximum Gasteiger partial charge on any atom is 0.305 e. The fourth-order valence-corrected chi connectivity index (χ4v) is 5.76. The van der Waals surface area contributed by atoms with E-state index in [0.717, 1.165) is 70.8 Å². The monoisotopic (exact) mass is 731 g/mol. The number of carbonyl (C=O) groups excluding carboxylic acids is 2. The minimum absolute atomic E-state index is 0.103. The first kappa shape index (κ1) is 49.8. The zero-order chi connectivity index (χ0) is 38.2. The lowest BCUT2D eigenvalue weighted by Crippen LogP contribution is -2.53. The molecule has 0 aliphatic rings. The lowest BCUT2D eigenvalue weighted by molar-refractivity contribution is -0.150. The number of likely N-dealkylation sites (N-methyl/N-ethyl adjacent to an activating group) is 1. The van der Waals surface area contributed by atoms with Crippen LogP contribution in [0.3, 0.4) is 0 Å². The first-order valence-electron chi connectivity index (χ1n) is 21.3. The molecule has 0 fully saturated rings. The number of aliphatic hydroxyl groups excluding tert-OH is 1. The highest BCUT2D eigenvalue weighted by molar-refractivity contribution is 5.70. The molecular formula is C45H82N2O5. The Bertz CT molecular complexity index is 867. The summed E-state index contributed by atoms with van der Waals surface area (Å²) >= 11 is 0. The summed E-state index contributed by atoms with van der Waals surface area (Å²) in [6.07, 6.45) is 44.3. The molecule has 0 unspecified atom stereocenters. The Labute approximate surface area is 321 Å². The van der Waals surface area contributed by atoms with E-state index in [1.807, 2.05) is 18.9 Å². The average Bonchev–Trinajstić information content (AvgIpc) is 3.13. The number of esters is 2. The van der Waals surface area contributed by atoms with Crippen LogP contribution in [0.25, 0.3) is 0 Å². The standard InChI is InChI=1S/C45H82N2O5/c1-5-7-9-11-13-15-17-19-21-23-25-27-29-31-33-35-43(49)51-41-45(3,46-37-38-47(4)39-40-48)42-52-44(50)36-34-32-30-28-26-24-22-20-18-16-14-12-10-8-6-2/h13-16,19-22,46,48H,5-12,17-18,23-42H2,1-4H3/b15-13-,16-14-,21-19-,22-20-. The molecule has 0 aromatic rings. The normalized spacial score (nSPS) is 12.4. The van der Waals surface area contributed by atoms with E-state index in [9.17, 15) is 14.7 Å². The number of unbranched alkanes of at least 4 members (excludes halogenated alkanes) is 16. The Hall–Kier alpha value is -2.22. The summed E-state index contributed by atoms with van der Waals surface area (Å²) in [5, 5.41) is 12.7. The van der Waals surface area contributed by atoms with Gasteiger partial charge in [0.1, 0.15) is 13.2 Å². The molecule has 0 heterocycles. The molecule has 0 rings (SSSR count). The van der Waals surface area contributed by atoms with Crippen LogP contribution in [-0.4, -0.2) is 74.0 Å². The molecule has 0 saturated carbocycles. The highest BCUT2D eigenvalue weighted by Crippen LogP contribution is 2.13. The second-order valence-electron chi connectivity index (χ2n) is 14.8. The van der Waals surface area contributed by atoms with Crippen LogP contribution < -0.4 is 5.32 Å². The molecule has 0 saturated heterocycles. The number of nitrogens with one attached hydrogen (secondary N) is 1. The van der Waals surface area contributed by atoms with Crippen molar-refractivity contribution < 1.29 is 24.2 Å². The van der Waals surface area contributed by atoms with Gasteiger partial charge < -0.3 is 24.8 Å². The molecule has 0 amide bonds. The average molecular weight is 731 g/mol. The highest BCUT2D eigenvalue weighted by atomic mass is 16.5. The van der Waals surface area contributed by atoms with Gasteiger partial charge in [0.25, 0.3) is 0 Å². The van der Waals surface area contributed by atoms with Crippen molar-refractivity contribution >= 4 is 11.9 Å². The van der Waals surface area contributed by atoms with E-state index in [4.69, 9.17) is 9.47 Å². The topological polar surface area (TPSA) is 88.1 Å². The van der Waals surface area contributed by atoms with Gasteiger partial charge in [-0.1, -0.05) is 127 Å². The summed E-state index contributed by atoms with van der Waals surface area (Å²) in [5.41, 5.74) is -0.678. The number of aliphatic hydroxyl groups is 1. The third kappa shape index (κ3) is 36.2. The van der Waals surface area contributed by atoms with Crippen LogP contribution in [0, 0.1) is 0 Å². The van der Waals surface area contributed by atoms with Crippen molar-refractivity contribution in [3.8, 4) is 0 Å². The van der Waals surface area contributed by atoms with Crippen molar-refractivity contribution in [3.05, 3.63) is 48.6 Å². The smallest absolute Gasteiger partial charge is 0.305 e. The number of ether oxygens (including phenoxy) is 2.